The number of aromatic hydroxyl groups is 1. The Morgan fingerprint density at radius 1 is 1.25 bits per heavy atom. The third kappa shape index (κ3) is 4.15. The second kappa shape index (κ2) is 8.67. The van der Waals surface area contributed by atoms with Gasteiger partial charge in [0.25, 0.3) is 11.1 Å². The van der Waals surface area contributed by atoms with Crippen LogP contribution in [0.4, 0.5) is 4.79 Å². The van der Waals surface area contributed by atoms with E-state index < -0.39 is 0 Å². The zero-order chi connectivity index (χ0) is 20.3. The number of hydrogen-bond donors (Lipinski definition) is 1. The van der Waals surface area contributed by atoms with Gasteiger partial charge in [-0.15, -0.1) is 6.58 Å². The van der Waals surface area contributed by atoms with E-state index in [1.165, 1.54) is 12.0 Å². The predicted molar refractivity (Wildman–Crippen MR) is 114 cm³/mol. The molecule has 1 fully saturated rings. The summed E-state index contributed by atoms with van der Waals surface area (Å²) in [5.74, 6) is 0.00249. The first kappa shape index (κ1) is 20.2. The van der Waals surface area contributed by atoms with Crippen molar-refractivity contribution in [3.8, 4) is 11.5 Å². The van der Waals surface area contributed by atoms with Gasteiger partial charge in [0.2, 0.25) is 0 Å². The fourth-order valence-corrected chi connectivity index (χ4v) is 4.07. The first-order valence-electron chi connectivity index (χ1n) is 8.44. The van der Waals surface area contributed by atoms with E-state index in [1.807, 2.05) is 24.3 Å². The first-order chi connectivity index (χ1) is 13.4. The molecule has 0 unspecified atom stereocenters. The van der Waals surface area contributed by atoms with Crippen molar-refractivity contribution in [2.75, 3.05) is 7.11 Å². The van der Waals surface area contributed by atoms with Gasteiger partial charge in [-0.25, -0.2) is 0 Å². The van der Waals surface area contributed by atoms with Gasteiger partial charge in [0, 0.05) is 10.0 Å². The number of imide groups is 1. The standard InChI is InChI=1S/C21H18BrNO4S/c1-3-6-14-9-13(10-17(27-2)19(14)24)11-18-20(25)23(21(26)28-18)12-15-7-4-5-8-16(15)22/h3-5,7-11,24H,1,6,12H2,2H3/b18-11-. The number of ether oxygens (including phenoxy) is 1. The minimum Gasteiger partial charge on any atom is -0.504 e. The molecule has 2 aromatic rings. The predicted octanol–water partition coefficient (Wildman–Crippen LogP) is 5.13. The van der Waals surface area contributed by atoms with Gasteiger partial charge in [-0.2, -0.15) is 0 Å². The Bertz CT molecular complexity index is 986. The van der Waals surface area contributed by atoms with Gasteiger partial charge in [-0.3, -0.25) is 14.5 Å². The Balaban J connectivity index is 1.90. The summed E-state index contributed by atoms with van der Waals surface area (Å²) >= 11 is 4.34. The number of carbonyl (C=O) groups is 2. The maximum atomic E-state index is 12.8. The second-order valence-electron chi connectivity index (χ2n) is 6.08. The summed E-state index contributed by atoms with van der Waals surface area (Å²) in [6.45, 7) is 3.88. The number of rotatable bonds is 6. The van der Waals surface area contributed by atoms with Crippen LogP contribution in [0.5, 0.6) is 11.5 Å². The van der Waals surface area contributed by atoms with E-state index in [0.717, 1.165) is 21.8 Å². The summed E-state index contributed by atoms with van der Waals surface area (Å²) in [4.78, 5) is 26.7. The van der Waals surface area contributed by atoms with Gasteiger partial charge in [0.05, 0.1) is 18.6 Å². The fraction of sp³-hybridized carbons (Fsp3) is 0.143. The van der Waals surface area contributed by atoms with Crippen LogP contribution in [0.2, 0.25) is 0 Å². The third-order valence-corrected chi connectivity index (χ3v) is 5.90. The molecule has 0 atom stereocenters. The van der Waals surface area contributed by atoms with Crippen LogP contribution in [0.1, 0.15) is 16.7 Å². The smallest absolute Gasteiger partial charge is 0.293 e. The summed E-state index contributed by atoms with van der Waals surface area (Å²) in [6, 6.07) is 10.8. The van der Waals surface area contributed by atoms with Crippen LogP contribution in [-0.2, 0) is 17.8 Å². The maximum absolute atomic E-state index is 12.8. The zero-order valence-electron chi connectivity index (χ0n) is 15.1. The van der Waals surface area contributed by atoms with Gasteiger partial charge >= 0.3 is 0 Å². The van der Waals surface area contributed by atoms with Gasteiger partial charge < -0.3 is 9.84 Å². The zero-order valence-corrected chi connectivity index (χ0v) is 17.5. The molecule has 0 saturated carbocycles. The molecule has 1 N–H and O–H groups in total. The molecule has 7 heteroatoms. The molecular weight excluding hydrogens is 442 g/mol. The first-order valence-corrected chi connectivity index (χ1v) is 10.0. The lowest BCUT2D eigenvalue weighted by molar-refractivity contribution is -0.123. The molecule has 1 aliphatic rings. The second-order valence-corrected chi connectivity index (χ2v) is 7.93. The number of nitrogens with zero attached hydrogens (tertiary/aromatic N) is 1. The van der Waals surface area contributed by atoms with Gasteiger partial charge in [0.15, 0.2) is 11.5 Å². The van der Waals surface area contributed by atoms with Crippen molar-refractivity contribution >= 4 is 44.9 Å². The van der Waals surface area contributed by atoms with E-state index in [1.54, 1.807) is 24.3 Å². The number of allylic oxidation sites excluding steroid dienone is 1. The molecule has 2 amide bonds. The lowest BCUT2D eigenvalue weighted by atomic mass is 10.1. The largest absolute Gasteiger partial charge is 0.504 e. The summed E-state index contributed by atoms with van der Waals surface area (Å²) in [5.41, 5.74) is 2.15. The molecule has 1 aliphatic heterocycles. The van der Waals surface area contributed by atoms with Gasteiger partial charge in [-0.05, 0) is 53.6 Å². The summed E-state index contributed by atoms with van der Waals surface area (Å²) < 4.78 is 6.05. The van der Waals surface area contributed by atoms with Crippen LogP contribution in [0.25, 0.3) is 6.08 Å². The van der Waals surface area contributed by atoms with Gasteiger partial charge in [-0.1, -0.05) is 40.2 Å². The number of benzene rings is 2. The van der Waals surface area contributed by atoms with Crippen LogP contribution in [0.3, 0.4) is 0 Å². The molecule has 0 radical (unpaired) electrons. The monoisotopic (exact) mass is 459 g/mol. The van der Waals surface area contributed by atoms with E-state index in [2.05, 4.69) is 22.5 Å². The number of phenols is 1. The van der Waals surface area contributed by atoms with Crippen molar-refractivity contribution in [2.45, 2.75) is 13.0 Å². The lowest BCUT2D eigenvalue weighted by Crippen LogP contribution is -2.27. The van der Waals surface area contributed by atoms with E-state index >= 15 is 0 Å². The minimum absolute atomic E-state index is 0.0431. The van der Waals surface area contributed by atoms with Crippen molar-refractivity contribution in [2.24, 2.45) is 0 Å². The Labute approximate surface area is 175 Å². The van der Waals surface area contributed by atoms with Gasteiger partial charge in [0.1, 0.15) is 0 Å². The van der Waals surface area contributed by atoms with E-state index in [0.29, 0.717) is 28.2 Å². The van der Waals surface area contributed by atoms with Crippen molar-refractivity contribution in [1.82, 2.24) is 4.90 Å². The van der Waals surface area contributed by atoms with Crippen molar-refractivity contribution < 1.29 is 19.4 Å². The minimum atomic E-state index is -0.344. The number of hydrogen-bond acceptors (Lipinski definition) is 5. The number of halogens is 1. The van der Waals surface area contributed by atoms with Crippen LogP contribution in [0, 0.1) is 0 Å². The molecule has 0 aliphatic carbocycles. The molecule has 3 rings (SSSR count). The topological polar surface area (TPSA) is 66.8 Å². The number of amides is 2. The Morgan fingerprint density at radius 2 is 2.00 bits per heavy atom. The average molecular weight is 460 g/mol. The highest BCUT2D eigenvalue weighted by Crippen LogP contribution is 2.37. The van der Waals surface area contributed by atoms with Crippen LogP contribution < -0.4 is 4.74 Å². The van der Waals surface area contributed by atoms with Crippen LogP contribution in [0.15, 0.2) is 58.4 Å². The third-order valence-electron chi connectivity index (χ3n) is 4.22. The van der Waals surface area contributed by atoms with E-state index in [9.17, 15) is 14.7 Å². The highest BCUT2D eigenvalue weighted by molar-refractivity contribution is 9.10. The molecule has 5 nitrogen and oxygen atoms in total. The molecule has 1 saturated heterocycles. The molecule has 28 heavy (non-hydrogen) atoms. The normalized spacial score (nSPS) is 15.4. The Kier molecular flexibility index (Phi) is 6.26. The highest BCUT2D eigenvalue weighted by Gasteiger charge is 2.35. The van der Waals surface area contributed by atoms with Crippen molar-refractivity contribution in [1.29, 1.82) is 0 Å². The van der Waals surface area contributed by atoms with Crippen molar-refractivity contribution in [3.05, 3.63) is 75.1 Å². The summed E-state index contributed by atoms with van der Waals surface area (Å²) in [6.07, 6.45) is 3.76. The molecule has 0 aromatic heterocycles. The van der Waals surface area contributed by atoms with Crippen LogP contribution >= 0.6 is 27.7 Å². The number of thioether (sulfide) groups is 1. The molecule has 0 bridgehead atoms. The fourth-order valence-electron chi connectivity index (χ4n) is 2.82. The molecule has 0 spiro atoms. The molecule has 1 heterocycles. The average Bonchev–Trinajstić information content (AvgIpc) is 2.93. The Morgan fingerprint density at radius 3 is 2.68 bits per heavy atom. The summed E-state index contributed by atoms with van der Waals surface area (Å²) in [5, 5.41) is 9.88. The SMILES string of the molecule is C=CCc1cc(/C=C2\SC(=O)N(Cc3ccccc3Br)C2=O)cc(OC)c1O. The molecule has 2 aromatic carbocycles. The number of phenolic OH excluding ortho intramolecular Hbond substituents is 1. The quantitative estimate of drug-likeness (QED) is 0.479. The number of methoxy groups -OCH3 is 1. The van der Waals surface area contributed by atoms with E-state index in [-0.39, 0.29) is 23.4 Å². The van der Waals surface area contributed by atoms with E-state index in [4.69, 9.17) is 4.74 Å². The van der Waals surface area contributed by atoms with Crippen LogP contribution in [-0.4, -0.2) is 28.3 Å². The summed E-state index contributed by atoms with van der Waals surface area (Å²) in [7, 11) is 1.46. The maximum Gasteiger partial charge on any atom is 0.293 e. The highest BCUT2D eigenvalue weighted by atomic mass is 79.9. The molecular formula is C21H18BrNO4S. The Hall–Kier alpha value is -2.51. The van der Waals surface area contributed by atoms with Crippen molar-refractivity contribution in [3.63, 3.8) is 0 Å². The molecule has 144 valence electrons. The lowest BCUT2D eigenvalue weighted by Gasteiger charge is -2.13. The number of carbonyl (C=O) groups excluding carboxylic acids is 2.